The van der Waals surface area contributed by atoms with Gasteiger partial charge in [0.2, 0.25) is 0 Å². The largest absolute Gasteiger partial charge is 0.381 e. The molecule has 0 aliphatic rings. The summed E-state index contributed by atoms with van der Waals surface area (Å²) in [5.41, 5.74) is 0.390. The van der Waals surface area contributed by atoms with Gasteiger partial charge in [0.25, 0.3) is 0 Å². The van der Waals surface area contributed by atoms with Gasteiger partial charge in [0.1, 0.15) is 0 Å². The van der Waals surface area contributed by atoms with Crippen LogP contribution in [0.5, 0.6) is 0 Å². The molecule has 0 aliphatic carbocycles. The fraction of sp³-hybridized carbons (Fsp3) is 1.00. The minimum atomic E-state index is 0.185. The molecule has 0 spiro atoms. The van der Waals surface area contributed by atoms with Crippen molar-refractivity contribution in [2.24, 2.45) is 11.3 Å². The van der Waals surface area contributed by atoms with E-state index in [-0.39, 0.29) is 11.0 Å². The molecule has 19 heavy (non-hydrogen) atoms. The first kappa shape index (κ1) is 18.9. The summed E-state index contributed by atoms with van der Waals surface area (Å²) in [6.45, 7) is 18.5. The highest BCUT2D eigenvalue weighted by Gasteiger charge is 2.21. The number of unbranched alkanes of at least 4 members (excludes halogenated alkanes) is 1. The lowest BCUT2D eigenvalue weighted by Crippen LogP contribution is -2.43. The monoisotopic (exact) mass is 271 g/mol. The van der Waals surface area contributed by atoms with Gasteiger partial charge in [-0.2, -0.15) is 0 Å². The summed E-state index contributed by atoms with van der Waals surface area (Å²) >= 11 is 0. The van der Waals surface area contributed by atoms with Crippen LogP contribution in [-0.4, -0.2) is 25.3 Å². The number of hydrogen-bond donors (Lipinski definition) is 1. The maximum absolute atomic E-state index is 5.97. The molecule has 0 saturated carbocycles. The van der Waals surface area contributed by atoms with Crippen LogP contribution >= 0.6 is 0 Å². The predicted octanol–water partition coefficient (Wildman–Crippen LogP) is 4.63. The number of nitrogens with one attached hydrogen (secondary N) is 1. The molecule has 0 heterocycles. The number of ether oxygens (including phenoxy) is 1. The van der Waals surface area contributed by atoms with Crippen LogP contribution in [0.15, 0.2) is 0 Å². The third kappa shape index (κ3) is 11.4. The summed E-state index contributed by atoms with van der Waals surface area (Å²) in [4.78, 5) is 0. The van der Waals surface area contributed by atoms with Crippen molar-refractivity contribution in [1.29, 1.82) is 0 Å². The molecule has 2 heteroatoms. The highest BCUT2D eigenvalue weighted by atomic mass is 16.5. The first-order valence-electron chi connectivity index (χ1n) is 8.03. The van der Waals surface area contributed by atoms with Crippen molar-refractivity contribution >= 4 is 0 Å². The zero-order valence-electron chi connectivity index (χ0n) is 14.4. The van der Waals surface area contributed by atoms with Gasteiger partial charge in [0, 0.05) is 24.1 Å². The molecule has 1 unspecified atom stereocenters. The van der Waals surface area contributed by atoms with Crippen LogP contribution in [-0.2, 0) is 4.74 Å². The Labute approximate surface area is 121 Å². The third-order valence-electron chi connectivity index (χ3n) is 3.49. The summed E-state index contributed by atoms with van der Waals surface area (Å²) < 4.78 is 5.97. The third-order valence-corrected chi connectivity index (χ3v) is 3.49. The molecule has 1 atom stereocenters. The number of hydrogen-bond acceptors (Lipinski definition) is 2. The molecule has 0 aliphatic heterocycles. The second-order valence-corrected chi connectivity index (χ2v) is 7.70. The van der Waals surface area contributed by atoms with Gasteiger partial charge in [-0.05, 0) is 33.1 Å². The van der Waals surface area contributed by atoms with Crippen molar-refractivity contribution in [3.63, 3.8) is 0 Å². The SMILES string of the molecule is CCCCC(CC)COCC(C)(C)CNC(C)(C)C. The molecule has 0 aromatic heterocycles. The minimum Gasteiger partial charge on any atom is -0.381 e. The Balaban J connectivity index is 3.89. The van der Waals surface area contributed by atoms with Gasteiger partial charge in [0.05, 0.1) is 6.61 Å². The summed E-state index contributed by atoms with van der Waals surface area (Å²) in [6, 6.07) is 0. The Morgan fingerprint density at radius 2 is 1.68 bits per heavy atom. The molecule has 1 N–H and O–H groups in total. The molecule has 0 bridgehead atoms. The van der Waals surface area contributed by atoms with E-state index in [9.17, 15) is 0 Å². The van der Waals surface area contributed by atoms with E-state index in [1.54, 1.807) is 0 Å². The summed E-state index contributed by atoms with van der Waals surface area (Å²) in [5.74, 6) is 0.742. The zero-order chi connectivity index (χ0) is 14.9. The van der Waals surface area contributed by atoms with E-state index in [1.165, 1.54) is 25.7 Å². The molecular formula is C17H37NO. The fourth-order valence-corrected chi connectivity index (χ4v) is 1.96. The first-order chi connectivity index (χ1) is 8.70. The first-order valence-corrected chi connectivity index (χ1v) is 8.03. The second kappa shape index (κ2) is 8.97. The maximum Gasteiger partial charge on any atom is 0.0529 e. The summed E-state index contributed by atoms with van der Waals surface area (Å²) in [5, 5.41) is 3.57. The Hall–Kier alpha value is -0.0800. The highest BCUT2D eigenvalue weighted by Crippen LogP contribution is 2.18. The van der Waals surface area contributed by atoms with Gasteiger partial charge in [0.15, 0.2) is 0 Å². The van der Waals surface area contributed by atoms with E-state index in [4.69, 9.17) is 4.74 Å². The molecule has 2 nitrogen and oxygen atoms in total. The van der Waals surface area contributed by atoms with Crippen molar-refractivity contribution in [2.75, 3.05) is 19.8 Å². The van der Waals surface area contributed by atoms with Crippen LogP contribution in [0.25, 0.3) is 0 Å². The summed E-state index contributed by atoms with van der Waals surface area (Å²) in [6.07, 6.45) is 5.17. The van der Waals surface area contributed by atoms with E-state index >= 15 is 0 Å². The predicted molar refractivity (Wildman–Crippen MR) is 85.7 cm³/mol. The Kier molecular flexibility index (Phi) is 8.93. The molecule has 0 radical (unpaired) electrons. The highest BCUT2D eigenvalue weighted by molar-refractivity contribution is 4.78. The van der Waals surface area contributed by atoms with Gasteiger partial charge in [-0.25, -0.2) is 0 Å². The van der Waals surface area contributed by atoms with Gasteiger partial charge < -0.3 is 10.1 Å². The molecule has 0 amide bonds. The topological polar surface area (TPSA) is 21.3 Å². The average molecular weight is 271 g/mol. The van der Waals surface area contributed by atoms with Gasteiger partial charge >= 0.3 is 0 Å². The zero-order valence-corrected chi connectivity index (χ0v) is 14.4. The molecular weight excluding hydrogens is 234 g/mol. The van der Waals surface area contributed by atoms with Gasteiger partial charge in [-0.3, -0.25) is 0 Å². The van der Waals surface area contributed by atoms with Crippen molar-refractivity contribution in [1.82, 2.24) is 5.32 Å². The number of rotatable bonds is 10. The fourth-order valence-electron chi connectivity index (χ4n) is 1.96. The standard InChI is InChI=1S/C17H37NO/c1-8-10-11-15(9-2)12-19-14-17(6,7)13-18-16(3,4)5/h15,18H,8-14H2,1-7H3. The van der Waals surface area contributed by atoms with Crippen LogP contribution in [0.2, 0.25) is 0 Å². The van der Waals surface area contributed by atoms with E-state index in [1.807, 2.05) is 0 Å². The summed E-state index contributed by atoms with van der Waals surface area (Å²) in [7, 11) is 0. The van der Waals surface area contributed by atoms with Gasteiger partial charge in [-0.1, -0.05) is 47.0 Å². The molecule has 0 aromatic carbocycles. The molecule has 0 fully saturated rings. The normalized spacial score (nSPS) is 14.7. The van der Waals surface area contributed by atoms with E-state index in [0.717, 1.165) is 25.7 Å². The van der Waals surface area contributed by atoms with Crippen LogP contribution in [0, 0.1) is 11.3 Å². The maximum atomic E-state index is 5.97. The Bertz CT molecular complexity index is 218. The lowest BCUT2D eigenvalue weighted by molar-refractivity contribution is 0.0348. The lowest BCUT2D eigenvalue weighted by Gasteiger charge is -2.30. The average Bonchev–Trinajstić information content (AvgIpc) is 2.30. The minimum absolute atomic E-state index is 0.185. The van der Waals surface area contributed by atoms with Crippen molar-refractivity contribution in [3.8, 4) is 0 Å². The molecule has 0 aromatic rings. The second-order valence-electron chi connectivity index (χ2n) is 7.70. The van der Waals surface area contributed by atoms with E-state index < -0.39 is 0 Å². The van der Waals surface area contributed by atoms with E-state index in [0.29, 0.717) is 0 Å². The van der Waals surface area contributed by atoms with Gasteiger partial charge in [-0.15, -0.1) is 0 Å². The Morgan fingerprint density at radius 1 is 1.05 bits per heavy atom. The van der Waals surface area contributed by atoms with E-state index in [2.05, 4.69) is 53.8 Å². The van der Waals surface area contributed by atoms with Crippen LogP contribution in [0.1, 0.15) is 74.1 Å². The van der Waals surface area contributed by atoms with Crippen molar-refractivity contribution in [3.05, 3.63) is 0 Å². The molecule has 116 valence electrons. The van der Waals surface area contributed by atoms with Crippen LogP contribution in [0.3, 0.4) is 0 Å². The molecule has 0 saturated heterocycles. The van der Waals surface area contributed by atoms with Crippen molar-refractivity contribution in [2.45, 2.75) is 79.7 Å². The smallest absolute Gasteiger partial charge is 0.0529 e. The van der Waals surface area contributed by atoms with Crippen molar-refractivity contribution < 1.29 is 4.74 Å². The lowest BCUT2D eigenvalue weighted by atomic mass is 9.93. The van der Waals surface area contributed by atoms with Crippen LogP contribution < -0.4 is 5.32 Å². The van der Waals surface area contributed by atoms with Crippen LogP contribution in [0.4, 0.5) is 0 Å². The molecule has 0 rings (SSSR count). The Morgan fingerprint density at radius 3 is 2.16 bits per heavy atom. The quantitative estimate of drug-likeness (QED) is 0.625.